The van der Waals surface area contributed by atoms with E-state index in [1.807, 2.05) is 6.07 Å². The molecule has 0 atom stereocenters. The van der Waals surface area contributed by atoms with E-state index in [-0.39, 0.29) is 29.6 Å². The molecular formula is C8H6N2NaO2. The molecule has 0 heterocycles. The normalized spacial score (nSPS) is 8.00. The van der Waals surface area contributed by atoms with Gasteiger partial charge in [-0.15, -0.1) is 0 Å². The van der Waals surface area contributed by atoms with E-state index < -0.39 is 5.91 Å². The summed E-state index contributed by atoms with van der Waals surface area (Å²) in [6.45, 7) is 0. The number of hydrogen-bond donors (Lipinski definition) is 2. The van der Waals surface area contributed by atoms with Crippen LogP contribution >= 0.6 is 0 Å². The molecule has 0 saturated heterocycles. The van der Waals surface area contributed by atoms with Gasteiger partial charge in [-0.05, 0) is 24.3 Å². The summed E-state index contributed by atoms with van der Waals surface area (Å²) >= 11 is 0. The van der Waals surface area contributed by atoms with Crippen LogP contribution in [-0.2, 0) is 0 Å². The molecule has 0 aliphatic carbocycles. The van der Waals surface area contributed by atoms with Crippen LogP contribution in [0.2, 0.25) is 0 Å². The monoisotopic (exact) mass is 185 g/mol. The fourth-order valence-electron chi connectivity index (χ4n) is 0.761. The molecule has 0 aliphatic rings. The van der Waals surface area contributed by atoms with Crippen molar-refractivity contribution in [3.05, 3.63) is 35.4 Å². The summed E-state index contributed by atoms with van der Waals surface area (Å²) in [6, 6.07) is 7.85. The fourth-order valence-corrected chi connectivity index (χ4v) is 0.761. The van der Waals surface area contributed by atoms with Gasteiger partial charge in [-0.2, -0.15) is 5.26 Å². The van der Waals surface area contributed by atoms with Gasteiger partial charge in [0, 0.05) is 35.1 Å². The van der Waals surface area contributed by atoms with E-state index in [9.17, 15) is 4.79 Å². The molecular weight excluding hydrogens is 179 g/mol. The SMILES string of the molecule is N#Cc1ccc(C(=O)NO)cc1.[Na]. The first-order valence-electron chi connectivity index (χ1n) is 3.22. The van der Waals surface area contributed by atoms with E-state index in [0.29, 0.717) is 11.1 Å². The molecule has 2 N–H and O–H groups in total. The smallest absolute Gasteiger partial charge is 0.274 e. The predicted octanol–water partition coefficient (Wildman–Crippen LogP) is 0.296. The molecule has 0 unspecified atom stereocenters. The zero-order valence-electron chi connectivity index (χ0n) is 7.11. The Balaban J connectivity index is 0.00000144. The molecule has 61 valence electrons. The number of rotatable bonds is 1. The second-order valence-electron chi connectivity index (χ2n) is 2.13. The van der Waals surface area contributed by atoms with Crippen molar-refractivity contribution in [3.63, 3.8) is 0 Å². The van der Waals surface area contributed by atoms with Crippen molar-refractivity contribution >= 4 is 35.5 Å². The van der Waals surface area contributed by atoms with Crippen LogP contribution in [0.5, 0.6) is 0 Å². The number of nitrogens with one attached hydrogen (secondary N) is 1. The molecule has 1 aromatic rings. The number of carbonyl (C=O) groups excluding carboxylic acids is 1. The van der Waals surface area contributed by atoms with E-state index in [0.717, 1.165) is 0 Å². The summed E-state index contributed by atoms with van der Waals surface area (Å²) in [5, 5.41) is 16.7. The van der Waals surface area contributed by atoms with Gasteiger partial charge in [-0.25, -0.2) is 5.48 Å². The maximum absolute atomic E-state index is 10.8. The van der Waals surface area contributed by atoms with E-state index in [4.69, 9.17) is 10.5 Å². The van der Waals surface area contributed by atoms with Crippen LogP contribution in [-0.4, -0.2) is 40.7 Å². The first-order valence-corrected chi connectivity index (χ1v) is 3.22. The van der Waals surface area contributed by atoms with Gasteiger partial charge in [0.15, 0.2) is 0 Å². The van der Waals surface area contributed by atoms with Gasteiger partial charge >= 0.3 is 0 Å². The van der Waals surface area contributed by atoms with E-state index in [2.05, 4.69) is 0 Å². The molecule has 0 bridgehead atoms. The number of amides is 1. The Morgan fingerprint density at radius 3 is 2.31 bits per heavy atom. The molecule has 0 spiro atoms. The van der Waals surface area contributed by atoms with Crippen molar-refractivity contribution in [3.8, 4) is 6.07 Å². The summed E-state index contributed by atoms with van der Waals surface area (Å²) in [6.07, 6.45) is 0. The summed E-state index contributed by atoms with van der Waals surface area (Å²) in [5.41, 5.74) is 2.29. The van der Waals surface area contributed by atoms with Crippen molar-refractivity contribution in [2.45, 2.75) is 0 Å². The summed E-state index contributed by atoms with van der Waals surface area (Å²) in [7, 11) is 0. The average Bonchev–Trinajstić information content (AvgIpc) is 2.17. The van der Waals surface area contributed by atoms with E-state index >= 15 is 0 Å². The third kappa shape index (κ3) is 3.17. The predicted molar refractivity (Wildman–Crippen MR) is 46.2 cm³/mol. The van der Waals surface area contributed by atoms with Crippen molar-refractivity contribution in [2.24, 2.45) is 0 Å². The molecule has 1 rings (SSSR count). The Labute approximate surface area is 97.4 Å². The minimum atomic E-state index is -0.584. The molecule has 13 heavy (non-hydrogen) atoms. The Morgan fingerprint density at radius 2 is 1.92 bits per heavy atom. The molecule has 0 aliphatic heterocycles. The molecule has 4 nitrogen and oxygen atoms in total. The molecule has 0 fully saturated rings. The molecule has 1 aromatic carbocycles. The first kappa shape index (κ1) is 12.1. The van der Waals surface area contributed by atoms with Crippen LogP contribution in [0.25, 0.3) is 0 Å². The van der Waals surface area contributed by atoms with Gasteiger partial charge in [-0.1, -0.05) is 0 Å². The minimum Gasteiger partial charge on any atom is -0.288 e. The summed E-state index contributed by atoms with van der Waals surface area (Å²) < 4.78 is 0. The number of carbonyl (C=O) groups is 1. The molecule has 5 heteroatoms. The Hall–Kier alpha value is -0.860. The zero-order chi connectivity index (χ0) is 8.97. The number of hydroxylamine groups is 1. The molecule has 1 radical (unpaired) electrons. The van der Waals surface area contributed by atoms with Gasteiger partial charge in [0.25, 0.3) is 5.91 Å². The van der Waals surface area contributed by atoms with E-state index in [1.54, 1.807) is 0 Å². The van der Waals surface area contributed by atoms with Gasteiger partial charge in [0.2, 0.25) is 0 Å². The van der Waals surface area contributed by atoms with Crippen LogP contribution in [0, 0.1) is 11.3 Å². The number of hydrogen-bond acceptors (Lipinski definition) is 3. The number of nitriles is 1. The van der Waals surface area contributed by atoms with Crippen molar-refractivity contribution in [1.29, 1.82) is 5.26 Å². The Bertz CT molecular complexity index is 329. The van der Waals surface area contributed by atoms with Crippen molar-refractivity contribution in [1.82, 2.24) is 5.48 Å². The fraction of sp³-hybridized carbons (Fsp3) is 0. The summed E-state index contributed by atoms with van der Waals surface area (Å²) in [5.74, 6) is -0.584. The Morgan fingerprint density at radius 1 is 1.38 bits per heavy atom. The molecule has 0 aromatic heterocycles. The topological polar surface area (TPSA) is 73.1 Å². The Kier molecular flexibility index (Phi) is 5.35. The first-order chi connectivity index (χ1) is 5.77. The molecule has 1 amide bonds. The maximum Gasteiger partial charge on any atom is 0.274 e. The summed E-state index contributed by atoms with van der Waals surface area (Å²) in [4.78, 5) is 10.8. The second kappa shape index (κ2) is 5.73. The largest absolute Gasteiger partial charge is 0.288 e. The van der Waals surface area contributed by atoms with Crippen LogP contribution in [0.15, 0.2) is 24.3 Å². The van der Waals surface area contributed by atoms with Crippen molar-refractivity contribution in [2.75, 3.05) is 0 Å². The standard InChI is InChI=1S/C8H6N2O2.Na/c9-5-6-1-3-7(4-2-6)8(11)10-12;/h1-4,12H,(H,10,11);. The van der Waals surface area contributed by atoms with Gasteiger partial charge in [-0.3, -0.25) is 10.0 Å². The average molecular weight is 185 g/mol. The molecule has 0 saturated carbocycles. The van der Waals surface area contributed by atoms with Crippen LogP contribution in [0.1, 0.15) is 15.9 Å². The quantitative estimate of drug-likeness (QED) is 0.375. The van der Waals surface area contributed by atoms with Crippen LogP contribution in [0.3, 0.4) is 0 Å². The second-order valence-corrected chi connectivity index (χ2v) is 2.13. The van der Waals surface area contributed by atoms with Crippen molar-refractivity contribution < 1.29 is 10.0 Å². The third-order valence-corrected chi connectivity index (χ3v) is 1.38. The minimum absolute atomic E-state index is 0. The van der Waals surface area contributed by atoms with Gasteiger partial charge < -0.3 is 0 Å². The van der Waals surface area contributed by atoms with Gasteiger partial charge in [0.1, 0.15) is 0 Å². The third-order valence-electron chi connectivity index (χ3n) is 1.38. The maximum atomic E-state index is 10.8. The zero-order valence-corrected chi connectivity index (χ0v) is 9.11. The van der Waals surface area contributed by atoms with Gasteiger partial charge in [0.05, 0.1) is 11.6 Å². The van der Waals surface area contributed by atoms with Crippen LogP contribution < -0.4 is 5.48 Å². The van der Waals surface area contributed by atoms with E-state index in [1.165, 1.54) is 29.7 Å². The number of nitrogens with zero attached hydrogens (tertiary/aromatic N) is 1. The number of benzene rings is 1. The van der Waals surface area contributed by atoms with Crippen LogP contribution in [0.4, 0.5) is 0 Å².